The van der Waals surface area contributed by atoms with Crippen LogP contribution in [-0.2, 0) is 13.1 Å². The van der Waals surface area contributed by atoms with Gasteiger partial charge in [0, 0.05) is 11.2 Å². The molecule has 0 aliphatic heterocycles. The van der Waals surface area contributed by atoms with E-state index in [1.807, 2.05) is 24.3 Å². The van der Waals surface area contributed by atoms with E-state index in [-0.39, 0.29) is 0 Å². The van der Waals surface area contributed by atoms with E-state index in [4.69, 9.17) is 27.9 Å². The van der Waals surface area contributed by atoms with Crippen LogP contribution in [0.15, 0.2) is 36.5 Å². The fourth-order valence-corrected chi connectivity index (χ4v) is 2.50. The van der Waals surface area contributed by atoms with Crippen LogP contribution in [0, 0.1) is 0 Å². The van der Waals surface area contributed by atoms with Gasteiger partial charge in [-0.2, -0.15) is 0 Å². The molecule has 1 aromatic carbocycles. The number of aromatic nitrogens is 1. The summed E-state index contributed by atoms with van der Waals surface area (Å²) >= 11 is 12.1. The van der Waals surface area contributed by atoms with Crippen LogP contribution < -0.4 is 10.1 Å². The summed E-state index contributed by atoms with van der Waals surface area (Å²) < 4.78 is 5.31. The number of methoxy groups -OCH3 is 1. The fourth-order valence-electron chi connectivity index (χ4n) is 1.89. The molecule has 19 heavy (non-hydrogen) atoms. The molecule has 0 aliphatic carbocycles. The van der Waals surface area contributed by atoms with Crippen LogP contribution >= 0.6 is 23.2 Å². The van der Waals surface area contributed by atoms with Crippen LogP contribution in [0.3, 0.4) is 0 Å². The summed E-state index contributed by atoms with van der Waals surface area (Å²) in [7, 11) is 1.61. The normalized spacial score (nSPS) is 10.5. The zero-order valence-electron chi connectivity index (χ0n) is 10.6. The standard InChI is InChI=1S/C14H14Cl2N2O/c1-19-14-10(6-11(15)7-13(14)16)8-17-9-12-4-2-3-5-18-12/h2-7,17H,8-9H2,1H3/p+1. The second-order valence-electron chi connectivity index (χ2n) is 4.10. The second-order valence-corrected chi connectivity index (χ2v) is 4.94. The molecule has 2 N–H and O–H groups in total. The van der Waals surface area contributed by atoms with Crippen LogP contribution in [0.4, 0.5) is 0 Å². The minimum absolute atomic E-state index is 0.538. The molecule has 2 aromatic rings. The van der Waals surface area contributed by atoms with Gasteiger partial charge in [0.2, 0.25) is 0 Å². The van der Waals surface area contributed by atoms with Gasteiger partial charge in [-0.3, -0.25) is 4.98 Å². The topological polar surface area (TPSA) is 38.7 Å². The van der Waals surface area contributed by atoms with Crippen LogP contribution in [0.25, 0.3) is 0 Å². The third-order valence-corrected chi connectivity index (χ3v) is 3.23. The van der Waals surface area contributed by atoms with E-state index in [2.05, 4.69) is 10.3 Å². The Kier molecular flexibility index (Phi) is 5.02. The summed E-state index contributed by atoms with van der Waals surface area (Å²) in [6.07, 6.45) is 1.79. The molecule has 5 heteroatoms. The zero-order valence-corrected chi connectivity index (χ0v) is 12.1. The van der Waals surface area contributed by atoms with E-state index in [0.29, 0.717) is 15.8 Å². The highest BCUT2D eigenvalue weighted by molar-refractivity contribution is 6.35. The first-order valence-corrected chi connectivity index (χ1v) is 6.70. The average Bonchev–Trinajstić information content (AvgIpc) is 2.39. The van der Waals surface area contributed by atoms with Crippen molar-refractivity contribution in [1.29, 1.82) is 0 Å². The van der Waals surface area contributed by atoms with Crippen LogP contribution in [0.2, 0.25) is 10.0 Å². The Balaban J connectivity index is 2.03. The number of hydrogen-bond donors (Lipinski definition) is 1. The molecule has 1 heterocycles. The number of halogens is 2. The highest BCUT2D eigenvalue weighted by Crippen LogP contribution is 2.31. The Morgan fingerprint density at radius 3 is 2.74 bits per heavy atom. The molecule has 3 nitrogen and oxygen atoms in total. The van der Waals surface area contributed by atoms with Crippen molar-refractivity contribution >= 4 is 23.2 Å². The van der Waals surface area contributed by atoms with Crippen molar-refractivity contribution in [2.24, 2.45) is 0 Å². The maximum Gasteiger partial charge on any atom is 0.146 e. The number of quaternary nitrogens is 1. The van der Waals surface area contributed by atoms with Crippen molar-refractivity contribution in [3.05, 3.63) is 57.8 Å². The maximum absolute atomic E-state index is 6.10. The van der Waals surface area contributed by atoms with E-state index in [9.17, 15) is 0 Å². The predicted molar refractivity (Wildman–Crippen MR) is 76.6 cm³/mol. The SMILES string of the molecule is COc1c(Cl)cc(Cl)cc1C[NH2+]Cc1ccccn1. The first kappa shape index (κ1) is 14.1. The highest BCUT2D eigenvalue weighted by atomic mass is 35.5. The molecule has 0 aliphatic rings. The lowest BCUT2D eigenvalue weighted by Crippen LogP contribution is -2.80. The van der Waals surface area contributed by atoms with Crippen molar-refractivity contribution in [1.82, 2.24) is 4.98 Å². The predicted octanol–water partition coefficient (Wildman–Crippen LogP) is 2.66. The molecule has 1 aromatic heterocycles. The monoisotopic (exact) mass is 297 g/mol. The molecule has 0 saturated heterocycles. The molecular weight excluding hydrogens is 283 g/mol. The number of benzene rings is 1. The lowest BCUT2D eigenvalue weighted by molar-refractivity contribution is -0.686. The summed E-state index contributed by atoms with van der Waals surface area (Å²) in [6, 6.07) is 9.44. The average molecular weight is 298 g/mol. The number of nitrogens with two attached hydrogens (primary N) is 1. The van der Waals surface area contributed by atoms with Gasteiger partial charge in [-0.05, 0) is 24.3 Å². The Bertz CT molecular complexity index is 547. The molecule has 0 saturated carbocycles. The Hall–Kier alpha value is -1.29. The smallest absolute Gasteiger partial charge is 0.146 e. The lowest BCUT2D eigenvalue weighted by Gasteiger charge is -2.10. The molecule has 0 amide bonds. The van der Waals surface area contributed by atoms with E-state index in [1.165, 1.54) is 0 Å². The Labute approximate surface area is 122 Å². The number of ether oxygens (including phenoxy) is 1. The number of hydrogen-bond acceptors (Lipinski definition) is 2. The van der Waals surface area contributed by atoms with Gasteiger partial charge >= 0.3 is 0 Å². The van der Waals surface area contributed by atoms with E-state index in [1.54, 1.807) is 19.4 Å². The van der Waals surface area contributed by atoms with Gasteiger partial charge < -0.3 is 10.1 Å². The van der Waals surface area contributed by atoms with Gasteiger partial charge in [-0.25, -0.2) is 0 Å². The van der Waals surface area contributed by atoms with E-state index >= 15 is 0 Å². The lowest BCUT2D eigenvalue weighted by atomic mass is 10.2. The third kappa shape index (κ3) is 3.83. The van der Waals surface area contributed by atoms with Gasteiger partial charge in [0.25, 0.3) is 0 Å². The van der Waals surface area contributed by atoms with E-state index < -0.39 is 0 Å². The fraction of sp³-hybridized carbons (Fsp3) is 0.214. The Morgan fingerprint density at radius 2 is 2.05 bits per heavy atom. The van der Waals surface area contributed by atoms with Crippen molar-refractivity contribution in [2.45, 2.75) is 13.1 Å². The van der Waals surface area contributed by atoms with Gasteiger partial charge in [0.05, 0.1) is 23.4 Å². The van der Waals surface area contributed by atoms with Crippen molar-refractivity contribution in [3.8, 4) is 5.75 Å². The molecule has 0 atom stereocenters. The first-order valence-electron chi connectivity index (χ1n) is 5.94. The van der Waals surface area contributed by atoms with Gasteiger partial charge in [0.15, 0.2) is 0 Å². The molecule has 0 unspecified atom stereocenters. The molecule has 100 valence electrons. The summed E-state index contributed by atoms with van der Waals surface area (Å²) in [5, 5.41) is 3.29. The molecule has 0 radical (unpaired) electrons. The van der Waals surface area contributed by atoms with Crippen LogP contribution in [-0.4, -0.2) is 12.1 Å². The van der Waals surface area contributed by atoms with Gasteiger partial charge in [0.1, 0.15) is 18.8 Å². The zero-order chi connectivity index (χ0) is 13.7. The van der Waals surface area contributed by atoms with Crippen LogP contribution in [0.1, 0.15) is 11.3 Å². The van der Waals surface area contributed by atoms with E-state index in [0.717, 1.165) is 24.3 Å². The van der Waals surface area contributed by atoms with Crippen LogP contribution in [0.5, 0.6) is 5.75 Å². The maximum atomic E-state index is 6.10. The quantitative estimate of drug-likeness (QED) is 0.921. The number of rotatable bonds is 5. The Morgan fingerprint density at radius 1 is 1.21 bits per heavy atom. The summed E-state index contributed by atoms with van der Waals surface area (Å²) in [5.41, 5.74) is 2.02. The summed E-state index contributed by atoms with van der Waals surface area (Å²) in [6.45, 7) is 1.54. The molecule has 0 bridgehead atoms. The summed E-state index contributed by atoms with van der Waals surface area (Å²) in [5.74, 6) is 0.684. The van der Waals surface area contributed by atoms with Gasteiger partial charge in [-0.15, -0.1) is 0 Å². The number of pyridine rings is 1. The summed E-state index contributed by atoms with van der Waals surface area (Å²) in [4.78, 5) is 4.27. The second kappa shape index (κ2) is 6.75. The molecule has 2 rings (SSSR count). The van der Waals surface area contributed by atoms with Crippen molar-refractivity contribution in [2.75, 3.05) is 7.11 Å². The minimum atomic E-state index is 0.538. The largest absolute Gasteiger partial charge is 0.495 e. The van der Waals surface area contributed by atoms with Gasteiger partial charge in [-0.1, -0.05) is 29.3 Å². The highest BCUT2D eigenvalue weighted by Gasteiger charge is 2.11. The molecule has 0 fully saturated rings. The van der Waals surface area contributed by atoms with Crippen molar-refractivity contribution in [3.63, 3.8) is 0 Å². The minimum Gasteiger partial charge on any atom is -0.495 e. The first-order chi connectivity index (χ1) is 9.20. The van der Waals surface area contributed by atoms with Crippen molar-refractivity contribution < 1.29 is 10.1 Å². The third-order valence-electron chi connectivity index (χ3n) is 2.73. The molecular formula is C14H15Cl2N2O+. The molecule has 0 spiro atoms. The number of nitrogens with zero attached hydrogens (tertiary/aromatic N) is 1.